The van der Waals surface area contributed by atoms with E-state index in [1.54, 1.807) is 0 Å². The molecule has 0 fully saturated rings. The zero-order valence-corrected chi connectivity index (χ0v) is 9.45. The predicted molar refractivity (Wildman–Crippen MR) is 59.3 cm³/mol. The summed E-state index contributed by atoms with van der Waals surface area (Å²) in [4.78, 5) is 4.30. The predicted octanol–water partition coefficient (Wildman–Crippen LogP) is 1.74. The molecule has 1 rings (SSSR count). The Morgan fingerprint density at radius 3 is 2.93 bits per heavy atom. The van der Waals surface area contributed by atoms with E-state index < -0.39 is 0 Å². The number of hydrogen-bond donors (Lipinski definition) is 1. The van der Waals surface area contributed by atoms with Crippen molar-refractivity contribution in [3.8, 4) is 0 Å². The van der Waals surface area contributed by atoms with Crippen molar-refractivity contribution in [1.29, 1.82) is 0 Å². The number of aryl methyl sites for hydroxylation is 2. The summed E-state index contributed by atoms with van der Waals surface area (Å²) >= 11 is 0. The standard InChI is InChI=1S/C11H21N3/c1-4-12-10(2)6-5-7-11-13-8-9-14(11)3/h8-10,12H,4-7H2,1-3H3. The smallest absolute Gasteiger partial charge is 0.108 e. The molecule has 1 atom stereocenters. The molecule has 3 nitrogen and oxygen atoms in total. The lowest BCUT2D eigenvalue weighted by Crippen LogP contribution is -2.25. The van der Waals surface area contributed by atoms with E-state index in [0.29, 0.717) is 6.04 Å². The van der Waals surface area contributed by atoms with E-state index in [9.17, 15) is 0 Å². The Hall–Kier alpha value is -0.830. The van der Waals surface area contributed by atoms with Gasteiger partial charge in [0.15, 0.2) is 0 Å². The second-order valence-corrected chi connectivity index (χ2v) is 3.81. The molecule has 0 bridgehead atoms. The van der Waals surface area contributed by atoms with E-state index in [2.05, 4.69) is 35.8 Å². The van der Waals surface area contributed by atoms with Gasteiger partial charge in [-0.15, -0.1) is 0 Å². The van der Waals surface area contributed by atoms with E-state index in [-0.39, 0.29) is 0 Å². The lowest BCUT2D eigenvalue weighted by atomic mass is 10.1. The van der Waals surface area contributed by atoms with Gasteiger partial charge in [-0.05, 0) is 26.3 Å². The monoisotopic (exact) mass is 195 g/mol. The van der Waals surface area contributed by atoms with E-state index in [1.807, 2.05) is 12.4 Å². The summed E-state index contributed by atoms with van der Waals surface area (Å²) in [5.41, 5.74) is 0. The largest absolute Gasteiger partial charge is 0.338 e. The molecule has 14 heavy (non-hydrogen) atoms. The summed E-state index contributed by atoms with van der Waals surface area (Å²) < 4.78 is 2.10. The van der Waals surface area contributed by atoms with Gasteiger partial charge in [0, 0.05) is 31.9 Å². The fraction of sp³-hybridized carbons (Fsp3) is 0.727. The number of imidazole rings is 1. The normalized spacial score (nSPS) is 13.1. The van der Waals surface area contributed by atoms with Crippen LogP contribution in [-0.2, 0) is 13.5 Å². The first-order valence-electron chi connectivity index (χ1n) is 5.43. The lowest BCUT2D eigenvalue weighted by molar-refractivity contribution is 0.507. The number of hydrogen-bond acceptors (Lipinski definition) is 2. The highest BCUT2D eigenvalue weighted by Gasteiger charge is 2.02. The van der Waals surface area contributed by atoms with Gasteiger partial charge in [-0.25, -0.2) is 4.98 Å². The fourth-order valence-electron chi connectivity index (χ4n) is 1.65. The van der Waals surface area contributed by atoms with Gasteiger partial charge in [0.1, 0.15) is 5.82 Å². The Morgan fingerprint density at radius 1 is 1.57 bits per heavy atom. The number of nitrogens with one attached hydrogen (secondary N) is 1. The van der Waals surface area contributed by atoms with E-state index in [4.69, 9.17) is 0 Å². The van der Waals surface area contributed by atoms with Crippen LogP contribution >= 0.6 is 0 Å². The molecule has 0 spiro atoms. The Bertz CT molecular complexity index is 255. The average molecular weight is 195 g/mol. The quantitative estimate of drug-likeness (QED) is 0.749. The molecule has 1 aromatic heterocycles. The molecule has 1 N–H and O–H groups in total. The minimum atomic E-state index is 0.625. The van der Waals surface area contributed by atoms with Crippen LogP contribution in [0.2, 0.25) is 0 Å². The second-order valence-electron chi connectivity index (χ2n) is 3.81. The van der Waals surface area contributed by atoms with Crippen LogP contribution in [0.5, 0.6) is 0 Å². The van der Waals surface area contributed by atoms with Gasteiger partial charge in [-0.3, -0.25) is 0 Å². The maximum absolute atomic E-state index is 4.30. The van der Waals surface area contributed by atoms with Gasteiger partial charge in [0.25, 0.3) is 0 Å². The van der Waals surface area contributed by atoms with Crippen LogP contribution in [-0.4, -0.2) is 22.1 Å². The van der Waals surface area contributed by atoms with Crippen LogP contribution in [0.15, 0.2) is 12.4 Å². The minimum absolute atomic E-state index is 0.625. The molecule has 1 heterocycles. The summed E-state index contributed by atoms with van der Waals surface area (Å²) in [6.45, 7) is 5.45. The summed E-state index contributed by atoms with van der Waals surface area (Å²) in [6, 6.07) is 0.625. The van der Waals surface area contributed by atoms with Crippen molar-refractivity contribution in [3.05, 3.63) is 18.2 Å². The van der Waals surface area contributed by atoms with E-state index in [1.165, 1.54) is 18.7 Å². The van der Waals surface area contributed by atoms with E-state index in [0.717, 1.165) is 13.0 Å². The molecule has 1 aromatic rings. The molecule has 0 aromatic carbocycles. The zero-order chi connectivity index (χ0) is 10.4. The van der Waals surface area contributed by atoms with Crippen LogP contribution in [0.3, 0.4) is 0 Å². The first-order valence-corrected chi connectivity index (χ1v) is 5.43. The van der Waals surface area contributed by atoms with Gasteiger partial charge in [-0.1, -0.05) is 6.92 Å². The maximum atomic E-state index is 4.30. The molecule has 80 valence electrons. The molecule has 0 saturated heterocycles. The molecule has 0 radical (unpaired) electrons. The molecule has 3 heteroatoms. The third-order valence-electron chi connectivity index (χ3n) is 2.51. The summed E-state index contributed by atoms with van der Waals surface area (Å²) in [5.74, 6) is 1.19. The van der Waals surface area contributed by atoms with Gasteiger partial charge in [0.2, 0.25) is 0 Å². The number of rotatable bonds is 6. The summed E-state index contributed by atoms with van der Waals surface area (Å²) in [7, 11) is 2.05. The minimum Gasteiger partial charge on any atom is -0.338 e. The van der Waals surface area contributed by atoms with Gasteiger partial charge in [0.05, 0.1) is 0 Å². The Balaban J connectivity index is 2.19. The van der Waals surface area contributed by atoms with Crippen molar-refractivity contribution in [2.45, 2.75) is 39.2 Å². The topological polar surface area (TPSA) is 29.9 Å². The zero-order valence-electron chi connectivity index (χ0n) is 9.45. The highest BCUT2D eigenvalue weighted by atomic mass is 15.0. The van der Waals surface area contributed by atoms with Crippen molar-refractivity contribution in [2.75, 3.05) is 6.54 Å². The summed E-state index contributed by atoms with van der Waals surface area (Å²) in [5, 5.41) is 3.41. The lowest BCUT2D eigenvalue weighted by Gasteiger charge is -2.11. The van der Waals surface area contributed by atoms with Crippen LogP contribution in [0.25, 0.3) is 0 Å². The molecular weight excluding hydrogens is 174 g/mol. The highest BCUT2D eigenvalue weighted by molar-refractivity contribution is 4.90. The Morgan fingerprint density at radius 2 is 2.36 bits per heavy atom. The van der Waals surface area contributed by atoms with E-state index >= 15 is 0 Å². The number of aromatic nitrogens is 2. The van der Waals surface area contributed by atoms with Crippen molar-refractivity contribution in [1.82, 2.24) is 14.9 Å². The van der Waals surface area contributed by atoms with Crippen LogP contribution in [0.4, 0.5) is 0 Å². The first kappa shape index (κ1) is 11.2. The third kappa shape index (κ3) is 3.50. The SMILES string of the molecule is CCNC(C)CCCc1nccn1C. The van der Waals surface area contributed by atoms with Crippen molar-refractivity contribution in [3.63, 3.8) is 0 Å². The molecule has 0 saturated carbocycles. The number of nitrogens with zero attached hydrogens (tertiary/aromatic N) is 2. The maximum Gasteiger partial charge on any atom is 0.108 e. The Labute approximate surface area is 86.5 Å². The van der Waals surface area contributed by atoms with Gasteiger partial charge in [-0.2, -0.15) is 0 Å². The van der Waals surface area contributed by atoms with Gasteiger partial charge < -0.3 is 9.88 Å². The molecule has 1 unspecified atom stereocenters. The van der Waals surface area contributed by atoms with Crippen LogP contribution in [0.1, 0.15) is 32.5 Å². The Kier molecular flexibility index (Phi) is 4.66. The molecule has 0 aliphatic rings. The molecule has 0 amide bonds. The van der Waals surface area contributed by atoms with Gasteiger partial charge >= 0.3 is 0 Å². The fourth-order valence-corrected chi connectivity index (χ4v) is 1.65. The average Bonchev–Trinajstić information content (AvgIpc) is 2.52. The molecule has 0 aliphatic heterocycles. The molecule has 0 aliphatic carbocycles. The van der Waals surface area contributed by atoms with Crippen molar-refractivity contribution in [2.24, 2.45) is 7.05 Å². The highest BCUT2D eigenvalue weighted by Crippen LogP contribution is 2.03. The third-order valence-corrected chi connectivity index (χ3v) is 2.51. The first-order chi connectivity index (χ1) is 6.74. The van der Waals surface area contributed by atoms with Crippen molar-refractivity contribution >= 4 is 0 Å². The van der Waals surface area contributed by atoms with Crippen LogP contribution < -0.4 is 5.32 Å². The molecular formula is C11H21N3. The summed E-state index contributed by atoms with van der Waals surface area (Å²) in [6.07, 6.45) is 7.38. The van der Waals surface area contributed by atoms with Crippen LogP contribution in [0, 0.1) is 0 Å². The second kappa shape index (κ2) is 5.81. The van der Waals surface area contributed by atoms with Crippen molar-refractivity contribution < 1.29 is 0 Å².